The molecule has 0 aromatic carbocycles. The number of nitrogens with zero attached hydrogens (tertiary/aromatic N) is 3. The molecule has 28 heavy (non-hydrogen) atoms. The summed E-state index contributed by atoms with van der Waals surface area (Å²) < 4.78 is 14.4. The minimum absolute atomic E-state index is 0.0109. The average Bonchev–Trinajstić information content (AvgIpc) is 3.25. The van der Waals surface area contributed by atoms with Crippen molar-refractivity contribution in [2.45, 2.75) is 51.5 Å². The molecular formula is C21H23FN4OS. The topological polar surface area (TPSA) is 81.8 Å². The Morgan fingerprint density at radius 1 is 1.32 bits per heavy atom. The summed E-state index contributed by atoms with van der Waals surface area (Å²) in [4.78, 5) is 27.5. The predicted molar refractivity (Wildman–Crippen MR) is 108 cm³/mol. The van der Waals surface area contributed by atoms with Crippen molar-refractivity contribution >= 4 is 27.3 Å². The van der Waals surface area contributed by atoms with E-state index < -0.39 is 0 Å². The molecule has 5 nitrogen and oxygen atoms in total. The molecule has 3 aromatic rings. The average molecular weight is 399 g/mol. The Balaban J connectivity index is 1.68. The van der Waals surface area contributed by atoms with Gasteiger partial charge in [-0.2, -0.15) is 0 Å². The molecule has 0 aliphatic heterocycles. The Hall–Kier alpha value is -2.25. The van der Waals surface area contributed by atoms with Gasteiger partial charge in [0.1, 0.15) is 17.3 Å². The summed E-state index contributed by atoms with van der Waals surface area (Å²) >= 11 is 1.56. The lowest BCUT2D eigenvalue weighted by Crippen LogP contribution is -2.19. The molecule has 7 heteroatoms. The summed E-state index contributed by atoms with van der Waals surface area (Å²) in [6.07, 6.45) is 5.78. The van der Waals surface area contributed by atoms with E-state index in [9.17, 15) is 9.18 Å². The molecule has 2 N–H and O–H groups in total. The fourth-order valence-electron chi connectivity index (χ4n) is 3.89. The van der Waals surface area contributed by atoms with Crippen molar-refractivity contribution < 1.29 is 9.18 Å². The number of Topliss-reactive ketones (excluding diaryl/α,β-unsaturated/α-hetero) is 1. The smallest absolute Gasteiger partial charge is 0.185 e. The van der Waals surface area contributed by atoms with Crippen LogP contribution in [0, 0.1) is 18.7 Å². The van der Waals surface area contributed by atoms with E-state index in [1.165, 1.54) is 12.3 Å². The molecule has 0 bridgehead atoms. The Morgan fingerprint density at radius 3 is 2.86 bits per heavy atom. The first-order chi connectivity index (χ1) is 13.4. The summed E-state index contributed by atoms with van der Waals surface area (Å²) in [5.74, 6) is 0.246. The summed E-state index contributed by atoms with van der Waals surface area (Å²) in [7, 11) is 0. The molecule has 146 valence electrons. The van der Waals surface area contributed by atoms with Crippen LogP contribution in [0.4, 0.5) is 4.39 Å². The van der Waals surface area contributed by atoms with E-state index in [0.29, 0.717) is 17.9 Å². The molecule has 0 amide bonds. The second-order valence-corrected chi connectivity index (χ2v) is 8.99. The van der Waals surface area contributed by atoms with Crippen LogP contribution >= 0.6 is 11.3 Å². The SMILES string of the molecule is Cc1cc2nc(C[C@@H](C)c3cncc(F)c3)nc(C(=O)C3CC[C@@H](N)C3)c2s1. The largest absolute Gasteiger partial charge is 0.328 e. The maximum absolute atomic E-state index is 13.5. The summed E-state index contributed by atoms with van der Waals surface area (Å²) in [5.41, 5.74) is 8.13. The predicted octanol–water partition coefficient (Wildman–Crippen LogP) is 4.19. The van der Waals surface area contributed by atoms with Crippen molar-refractivity contribution in [2.24, 2.45) is 11.7 Å². The lowest BCUT2D eigenvalue weighted by molar-refractivity contribution is 0.0918. The van der Waals surface area contributed by atoms with Gasteiger partial charge in [-0.25, -0.2) is 14.4 Å². The van der Waals surface area contributed by atoms with E-state index in [2.05, 4.69) is 15.0 Å². The highest BCUT2D eigenvalue weighted by atomic mass is 32.1. The summed E-state index contributed by atoms with van der Waals surface area (Å²) in [6, 6.07) is 3.57. The van der Waals surface area contributed by atoms with Crippen LogP contribution in [0.5, 0.6) is 0 Å². The Kier molecular flexibility index (Phi) is 5.21. The van der Waals surface area contributed by atoms with E-state index in [-0.39, 0.29) is 29.5 Å². The molecule has 1 fully saturated rings. The van der Waals surface area contributed by atoms with Gasteiger partial charge in [0, 0.05) is 29.5 Å². The monoisotopic (exact) mass is 398 g/mol. The van der Waals surface area contributed by atoms with Crippen molar-refractivity contribution in [3.8, 4) is 0 Å². The van der Waals surface area contributed by atoms with Crippen molar-refractivity contribution in [3.63, 3.8) is 0 Å². The molecule has 1 unspecified atom stereocenters. The summed E-state index contributed by atoms with van der Waals surface area (Å²) in [5, 5.41) is 0. The van der Waals surface area contributed by atoms with Crippen LogP contribution in [0.25, 0.3) is 10.2 Å². The molecule has 0 saturated heterocycles. The van der Waals surface area contributed by atoms with Crippen molar-refractivity contribution in [2.75, 3.05) is 0 Å². The highest BCUT2D eigenvalue weighted by Crippen LogP contribution is 2.33. The number of pyridine rings is 1. The van der Waals surface area contributed by atoms with Crippen LogP contribution in [0.3, 0.4) is 0 Å². The minimum atomic E-state index is -0.359. The Bertz CT molecular complexity index is 1030. The molecule has 4 rings (SSSR count). The Morgan fingerprint density at radius 2 is 2.14 bits per heavy atom. The fraction of sp³-hybridized carbons (Fsp3) is 0.429. The molecule has 0 radical (unpaired) electrons. The van der Waals surface area contributed by atoms with Gasteiger partial charge in [0.25, 0.3) is 0 Å². The number of rotatable bonds is 5. The van der Waals surface area contributed by atoms with Crippen LogP contribution in [0.2, 0.25) is 0 Å². The number of carbonyl (C=O) groups excluding carboxylic acids is 1. The first kappa shape index (κ1) is 19.1. The van der Waals surface area contributed by atoms with Crippen molar-refractivity contribution in [1.82, 2.24) is 15.0 Å². The number of thiophene rings is 1. The minimum Gasteiger partial charge on any atom is -0.328 e. The third-order valence-corrected chi connectivity index (χ3v) is 6.45. The molecule has 1 aliphatic rings. The zero-order valence-corrected chi connectivity index (χ0v) is 16.8. The number of ketones is 1. The van der Waals surface area contributed by atoms with E-state index in [4.69, 9.17) is 5.73 Å². The number of aryl methyl sites for hydroxylation is 1. The summed E-state index contributed by atoms with van der Waals surface area (Å²) in [6.45, 7) is 3.99. The first-order valence-corrected chi connectivity index (χ1v) is 10.4. The number of halogens is 1. The second-order valence-electron chi connectivity index (χ2n) is 7.74. The highest BCUT2D eigenvalue weighted by Gasteiger charge is 2.31. The van der Waals surface area contributed by atoms with Gasteiger partial charge in [0.05, 0.1) is 16.4 Å². The lowest BCUT2D eigenvalue weighted by Gasteiger charge is -2.13. The molecule has 3 aromatic heterocycles. The van der Waals surface area contributed by atoms with Gasteiger partial charge in [0.15, 0.2) is 5.78 Å². The molecule has 3 heterocycles. The third-order valence-electron chi connectivity index (χ3n) is 5.40. The first-order valence-electron chi connectivity index (χ1n) is 9.58. The van der Waals surface area contributed by atoms with Crippen LogP contribution in [0.15, 0.2) is 24.5 Å². The van der Waals surface area contributed by atoms with E-state index >= 15 is 0 Å². The maximum atomic E-state index is 13.5. The number of carbonyl (C=O) groups is 1. The number of hydrogen-bond donors (Lipinski definition) is 1. The van der Waals surface area contributed by atoms with Gasteiger partial charge in [0.2, 0.25) is 0 Å². The van der Waals surface area contributed by atoms with Crippen molar-refractivity contribution in [3.05, 3.63) is 52.3 Å². The highest BCUT2D eigenvalue weighted by molar-refractivity contribution is 7.19. The number of fused-ring (bicyclic) bond motifs is 1. The number of hydrogen-bond acceptors (Lipinski definition) is 6. The van der Waals surface area contributed by atoms with Crippen LogP contribution in [-0.4, -0.2) is 26.8 Å². The normalized spacial score (nSPS) is 20.6. The van der Waals surface area contributed by atoms with E-state index in [0.717, 1.165) is 39.9 Å². The third kappa shape index (κ3) is 3.82. The van der Waals surface area contributed by atoms with Gasteiger partial charge in [-0.05, 0) is 49.8 Å². The maximum Gasteiger partial charge on any atom is 0.185 e. The molecule has 3 atom stereocenters. The molecule has 1 saturated carbocycles. The van der Waals surface area contributed by atoms with Gasteiger partial charge in [-0.3, -0.25) is 9.78 Å². The van der Waals surface area contributed by atoms with Crippen molar-refractivity contribution in [1.29, 1.82) is 0 Å². The van der Waals surface area contributed by atoms with E-state index in [1.807, 2.05) is 19.9 Å². The van der Waals surface area contributed by atoms with Crippen LogP contribution in [-0.2, 0) is 6.42 Å². The van der Waals surface area contributed by atoms with Gasteiger partial charge >= 0.3 is 0 Å². The standard InChI is InChI=1S/C21H23FN4OS/c1-11(14-7-15(22)10-24-9-14)5-18-25-17-6-12(2)28-21(17)19(26-18)20(27)13-3-4-16(23)8-13/h6-7,9-11,13,16H,3-5,8,23H2,1-2H3/t11-,13?,16-/m1/s1. The van der Waals surface area contributed by atoms with Crippen LogP contribution < -0.4 is 5.73 Å². The van der Waals surface area contributed by atoms with E-state index in [1.54, 1.807) is 17.5 Å². The van der Waals surface area contributed by atoms with Gasteiger partial charge < -0.3 is 5.73 Å². The van der Waals surface area contributed by atoms with Gasteiger partial charge in [-0.1, -0.05) is 6.92 Å². The quantitative estimate of drug-likeness (QED) is 0.652. The second kappa shape index (κ2) is 7.64. The lowest BCUT2D eigenvalue weighted by atomic mass is 9.97. The number of nitrogens with two attached hydrogens (primary N) is 1. The Labute approximate surface area is 167 Å². The number of aromatic nitrogens is 3. The van der Waals surface area contributed by atoms with Gasteiger partial charge in [-0.15, -0.1) is 11.3 Å². The zero-order chi connectivity index (χ0) is 19.8. The molecule has 1 aliphatic carbocycles. The zero-order valence-electron chi connectivity index (χ0n) is 16.0. The molecular weight excluding hydrogens is 375 g/mol. The molecule has 0 spiro atoms. The fourth-order valence-corrected chi connectivity index (χ4v) is 4.84. The van der Waals surface area contributed by atoms with Crippen LogP contribution in [0.1, 0.15) is 58.9 Å².